The number of nitrogens with one attached hydrogen (secondary N) is 2. The van der Waals surface area contributed by atoms with Crippen molar-refractivity contribution in [2.45, 2.75) is 40.0 Å². The topological polar surface area (TPSA) is 41.1 Å². The van der Waals surface area contributed by atoms with E-state index in [0.717, 1.165) is 30.2 Å². The van der Waals surface area contributed by atoms with E-state index in [4.69, 9.17) is 0 Å². The molecular formula is C16H27ClN2OS. The van der Waals surface area contributed by atoms with Gasteiger partial charge in [0.15, 0.2) is 0 Å². The van der Waals surface area contributed by atoms with Crippen molar-refractivity contribution in [1.29, 1.82) is 0 Å². The lowest BCUT2D eigenvalue weighted by atomic mass is 9.72. The number of fused-ring (bicyclic) bond motifs is 1. The third kappa shape index (κ3) is 4.70. The summed E-state index contributed by atoms with van der Waals surface area (Å²) >= 11 is 1.68. The Morgan fingerprint density at radius 1 is 1.38 bits per heavy atom. The smallest absolute Gasteiger partial charge is 0.261 e. The molecule has 1 aromatic heterocycles. The molecule has 0 aliphatic heterocycles. The first-order chi connectivity index (χ1) is 9.41. The molecule has 0 fully saturated rings. The largest absolute Gasteiger partial charge is 0.350 e. The van der Waals surface area contributed by atoms with Gasteiger partial charge in [-0.05, 0) is 49.3 Å². The summed E-state index contributed by atoms with van der Waals surface area (Å²) in [5.74, 6) is 0.803. The van der Waals surface area contributed by atoms with Crippen LogP contribution in [0.3, 0.4) is 0 Å². The van der Waals surface area contributed by atoms with Gasteiger partial charge in [-0.3, -0.25) is 4.79 Å². The van der Waals surface area contributed by atoms with Crippen LogP contribution in [-0.4, -0.2) is 26.0 Å². The van der Waals surface area contributed by atoms with Crippen molar-refractivity contribution in [1.82, 2.24) is 10.6 Å². The first kappa shape index (κ1) is 18.5. The number of likely N-dealkylation sites (N-methyl/N-ethyl adjacent to an activating group) is 1. The van der Waals surface area contributed by atoms with Gasteiger partial charge in [-0.2, -0.15) is 0 Å². The molecule has 2 N–H and O–H groups in total. The number of rotatable bonds is 4. The molecule has 1 atom stereocenters. The molecule has 0 aromatic carbocycles. The minimum Gasteiger partial charge on any atom is -0.350 e. The molecule has 21 heavy (non-hydrogen) atoms. The van der Waals surface area contributed by atoms with Gasteiger partial charge >= 0.3 is 0 Å². The van der Waals surface area contributed by atoms with E-state index in [0.29, 0.717) is 12.0 Å². The number of thiophene rings is 1. The van der Waals surface area contributed by atoms with Gasteiger partial charge in [0.25, 0.3) is 5.91 Å². The molecule has 3 nitrogen and oxygen atoms in total. The van der Waals surface area contributed by atoms with Crippen LogP contribution in [0, 0.1) is 11.3 Å². The Hall–Kier alpha value is -0.580. The van der Waals surface area contributed by atoms with E-state index in [-0.39, 0.29) is 18.3 Å². The van der Waals surface area contributed by atoms with Crippen molar-refractivity contribution in [2.24, 2.45) is 11.3 Å². The molecule has 0 spiro atoms. The number of carbonyl (C=O) groups excluding carboxylic acids is 1. The summed E-state index contributed by atoms with van der Waals surface area (Å²) in [6.07, 6.45) is 3.50. The van der Waals surface area contributed by atoms with E-state index in [1.54, 1.807) is 11.3 Å². The number of hydrogen-bond donors (Lipinski definition) is 2. The fourth-order valence-corrected chi connectivity index (χ4v) is 3.89. The quantitative estimate of drug-likeness (QED) is 0.832. The second-order valence-corrected chi connectivity index (χ2v) is 7.86. The van der Waals surface area contributed by atoms with Crippen LogP contribution in [0.2, 0.25) is 0 Å². The first-order valence-corrected chi connectivity index (χ1v) is 8.28. The molecular weight excluding hydrogens is 304 g/mol. The van der Waals surface area contributed by atoms with Crippen LogP contribution in [0.1, 0.15) is 47.3 Å². The molecule has 0 bridgehead atoms. The van der Waals surface area contributed by atoms with Gasteiger partial charge in [0, 0.05) is 18.0 Å². The standard InChI is InChI=1S/C16H26N2OS.ClH/c1-16(2,3)12-5-6-13-11(9-12)10-14(20-13)15(19)18-8-7-17-4;/h10,12,17H,5-9H2,1-4H3,(H,18,19);1H. The fourth-order valence-electron chi connectivity index (χ4n) is 2.76. The van der Waals surface area contributed by atoms with Crippen LogP contribution >= 0.6 is 23.7 Å². The van der Waals surface area contributed by atoms with Crippen molar-refractivity contribution in [3.63, 3.8) is 0 Å². The minimum absolute atomic E-state index is 0. The molecule has 5 heteroatoms. The van der Waals surface area contributed by atoms with E-state index >= 15 is 0 Å². The summed E-state index contributed by atoms with van der Waals surface area (Å²) in [5, 5.41) is 5.99. The van der Waals surface area contributed by atoms with Gasteiger partial charge in [-0.25, -0.2) is 0 Å². The Morgan fingerprint density at radius 3 is 2.71 bits per heavy atom. The lowest BCUT2D eigenvalue weighted by Crippen LogP contribution is -2.29. The Bertz CT molecular complexity index is 479. The van der Waals surface area contributed by atoms with E-state index in [9.17, 15) is 4.79 Å². The Labute approximate surface area is 138 Å². The average Bonchev–Trinajstić information content (AvgIpc) is 2.80. The first-order valence-electron chi connectivity index (χ1n) is 7.46. The molecule has 2 rings (SSSR count). The molecule has 1 amide bonds. The average molecular weight is 331 g/mol. The van der Waals surface area contributed by atoms with Gasteiger partial charge in [0.1, 0.15) is 0 Å². The Kier molecular flexibility index (Phi) is 6.70. The van der Waals surface area contributed by atoms with E-state index in [2.05, 4.69) is 37.5 Å². The molecule has 120 valence electrons. The molecule has 0 saturated carbocycles. The third-order valence-electron chi connectivity index (χ3n) is 4.19. The summed E-state index contributed by atoms with van der Waals surface area (Å²) in [6.45, 7) is 8.45. The third-order valence-corrected chi connectivity index (χ3v) is 5.43. The SMILES string of the molecule is CNCCNC(=O)c1cc2c(s1)CCC(C(C)(C)C)C2.Cl. The summed E-state index contributed by atoms with van der Waals surface area (Å²) in [4.78, 5) is 14.4. The van der Waals surface area contributed by atoms with Crippen molar-refractivity contribution in [3.8, 4) is 0 Å². The molecule has 1 unspecified atom stereocenters. The van der Waals surface area contributed by atoms with Crippen molar-refractivity contribution in [3.05, 3.63) is 21.4 Å². The second kappa shape index (κ2) is 7.61. The zero-order valence-corrected chi connectivity index (χ0v) is 15.0. The van der Waals surface area contributed by atoms with Crippen molar-refractivity contribution < 1.29 is 4.79 Å². The van der Waals surface area contributed by atoms with E-state index in [1.807, 2.05) is 7.05 Å². The van der Waals surface area contributed by atoms with Crippen molar-refractivity contribution >= 4 is 29.7 Å². The lowest BCUT2D eigenvalue weighted by molar-refractivity contribution is 0.0958. The number of halogens is 1. The van der Waals surface area contributed by atoms with Crippen LogP contribution in [0.5, 0.6) is 0 Å². The summed E-state index contributed by atoms with van der Waals surface area (Å²) < 4.78 is 0. The minimum atomic E-state index is 0. The molecule has 0 saturated heterocycles. The fraction of sp³-hybridized carbons (Fsp3) is 0.688. The maximum absolute atomic E-state index is 12.1. The number of aryl methyl sites for hydroxylation is 1. The number of hydrogen-bond acceptors (Lipinski definition) is 3. The summed E-state index contributed by atoms with van der Waals surface area (Å²) in [5.41, 5.74) is 1.76. The summed E-state index contributed by atoms with van der Waals surface area (Å²) in [6, 6.07) is 2.12. The Balaban J connectivity index is 0.00000220. The molecule has 1 aliphatic carbocycles. The van der Waals surface area contributed by atoms with Crippen LogP contribution in [0.15, 0.2) is 6.07 Å². The Morgan fingerprint density at radius 2 is 2.10 bits per heavy atom. The highest BCUT2D eigenvalue weighted by molar-refractivity contribution is 7.14. The van der Waals surface area contributed by atoms with Gasteiger partial charge in [-0.15, -0.1) is 23.7 Å². The highest BCUT2D eigenvalue weighted by Crippen LogP contribution is 2.39. The zero-order chi connectivity index (χ0) is 14.8. The normalized spacial score (nSPS) is 17.8. The van der Waals surface area contributed by atoms with Crippen LogP contribution in [0.25, 0.3) is 0 Å². The van der Waals surface area contributed by atoms with Gasteiger partial charge in [0.2, 0.25) is 0 Å². The highest BCUT2D eigenvalue weighted by atomic mass is 35.5. The predicted molar refractivity (Wildman–Crippen MR) is 92.8 cm³/mol. The van der Waals surface area contributed by atoms with Crippen LogP contribution in [0.4, 0.5) is 0 Å². The van der Waals surface area contributed by atoms with E-state index < -0.39 is 0 Å². The monoisotopic (exact) mass is 330 g/mol. The molecule has 0 radical (unpaired) electrons. The molecule has 1 aliphatic rings. The van der Waals surface area contributed by atoms with Crippen molar-refractivity contribution in [2.75, 3.05) is 20.1 Å². The van der Waals surface area contributed by atoms with Crippen LogP contribution in [-0.2, 0) is 12.8 Å². The lowest BCUT2D eigenvalue weighted by Gasteiger charge is -2.33. The number of carbonyl (C=O) groups is 1. The maximum atomic E-state index is 12.1. The maximum Gasteiger partial charge on any atom is 0.261 e. The summed E-state index contributed by atoms with van der Waals surface area (Å²) in [7, 11) is 1.89. The van der Waals surface area contributed by atoms with Gasteiger partial charge in [-0.1, -0.05) is 20.8 Å². The predicted octanol–water partition coefficient (Wildman–Crippen LogP) is 3.27. The molecule has 1 heterocycles. The van der Waals surface area contributed by atoms with Gasteiger partial charge < -0.3 is 10.6 Å². The zero-order valence-electron chi connectivity index (χ0n) is 13.4. The molecule has 1 aromatic rings. The van der Waals surface area contributed by atoms with E-state index in [1.165, 1.54) is 16.9 Å². The van der Waals surface area contributed by atoms with Crippen LogP contribution < -0.4 is 10.6 Å². The second-order valence-electron chi connectivity index (χ2n) is 6.72. The number of amides is 1. The van der Waals surface area contributed by atoms with Gasteiger partial charge in [0.05, 0.1) is 4.88 Å². The highest BCUT2D eigenvalue weighted by Gasteiger charge is 2.30.